The van der Waals surface area contributed by atoms with Crippen LogP contribution in [-0.4, -0.2) is 19.1 Å². The predicted octanol–water partition coefficient (Wildman–Crippen LogP) is 4.11. The van der Waals surface area contributed by atoms with Crippen molar-refractivity contribution in [1.82, 2.24) is 4.98 Å². The van der Waals surface area contributed by atoms with E-state index in [0.717, 1.165) is 22.0 Å². The highest BCUT2D eigenvalue weighted by Gasteiger charge is 2.07. The van der Waals surface area contributed by atoms with Gasteiger partial charge in [-0.05, 0) is 24.3 Å². The number of para-hydroxylation sites is 3. The Morgan fingerprint density at radius 1 is 1.00 bits per heavy atom. The number of thiazole rings is 1. The molecule has 0 spiro atoms. The number of aromatic nitrogens is 1. The van der Waals surface area contributed by atoms with E-state index in [0.29, 0.717) is 0 Å². The molecule has 0 radical (unpaired) electrons. The van der Waals surface area contributed by atoms with Crippen molar-refractivity contribution >= 4 is 38.1 Å². The lowest BCUT2D eigenvalue weighted by molar-refractivity contribution is 1.13. The van der Waals surface area contributed by atoms with Crippen LogP contribution in [0.3, 0.4) is 0 Å². The van der Waals surface area contributed by atoms with Crippen LogP contribution in [0.15, 0.2) is 48.5 Å². The molecule has 1 aromatic heterocycles. The summed E-state index contributed by atoms with van der Waals surface area (Å²) in [6.07, 6.45) is 0. The lowest BCUT2D eigenvalue weighted by atomic mass is 10.2. The van der Waals surface area contributed by atoms with Gasteiger partial charge in [0.05, 0.1) is 21.6 Å². The minimum absolute atomic E-state index is 0.926. The van der Waals surface area contributed by atoms with Crippen molar-refractivity contribution in [3.05, 3.63) is 48.5 Å². The lowest BCUT2D eigenvalue weighted by Crippen LogP contribution is -2.10. The predicted molar refractivity (Wildman–Crippen MR) is 83.7 cm³/mol. The number of anilines is 3. The van der Waals surface area contributed by atoms with Gasteiger partial charge < -0.3 is 10.2 Å². The van der Waals surface area contributed by atoms with Gasteiger partial charge in [0, 0.05) is 14.1 Å². The molecule has 19 heavy (non-hydrogen) atoms. The molecule has 1 heterocycles. The largest absolute Gasteiger partial charge is 0.376 e. The molecule has 0 aliphatic carbocycles. The number of hydrogen-bond donors (Lipinski definition) is 1. The third-order valence-electron chi connectivity index (χ3n) is 2.92. The first-order valence-electron chi connectivity index (χ1n) is 6.13. The summed E-state index contributed by atoms with van der Waals surface area (Å²) in [6.45, 7) is 0. The lowest BCUT2D eigenvalue weighted by Gasteiger charge is -2.17. The van der Waals surface area contributed by atoms with E-state index >= 15 is 0 Å². The number of fused-ring (bicyclic) bond motifs is 1. The minimum Gasteiger partial charge on any atom is -0.376 e. The molecule has 0 aliphatic heterocycles. The van der Waals surface area contributed by atoms with E-state index < -0.39 is 0 Å². The van der Waals surface area contributed by atoms with E-state index in [1.165, 1.54) is 4.70 Å². The van der Waals surface area contributed by atoms with E-state index in [-0.39, 0.29) is 0 Å². The molecule has 2 aromatic carbocycles. The van der Waals surface area contributed by atoms with Crippen LogP contribution in [0, 0.1) is 0 Å². The molecule has 0 aliphatic rings. The van der Waals surface area contributed by atoms with Crippen molar-refractivity contribution in [2.75, 3.05) is 24.3 Å². The van der Waals surface area contributed by atoms with Gasteiger partial charge in [-0.2, -0.15) is 0 Å². The first-order valence-corrected chi connectivity index (χ1v) is 6.94. The number of hydrogen-bond acceptors (Lipinski definition) is 4. The van der Waals surface area contributed by atoms with Crippen molar-refractivity contribution < 1.29 is 0 Å². The maximum atomic E-state index is 4.60. The number of rotatable bonds is 3. The topological polar surface area (TPSA) is 28.2 Å². The molecule has 3 rings (SSSR count). The van der Waals surface area contributed by atoms with Crippen LogP contribution >= 0.6 is 11.3 Å². The van der Waals surface area contributed by atoms with Gasteiger partial charge in [-0.1, -0.05) is 35.6 Å². The third kappa shape index (κ3) is 2.39. The zero-order valence-corrected chi connectivity index (χ0v) is 11.7. The fourth-order valence-corrected chi connectivity index (χ4v) is 2.89. The third-order valence-corrected chi connectivity index (χ3v) is 3.87. The molecule has 1 N–H and O–H groups in total. The monoisotopic (exact) mass is 269 g/mol. The molecule has 0 atom stereocenters. The minimum atomic E-state index is 0.926. The zero-order valence-electron chi connectivity index (χ0n) is 10.9. The Morgan fingerprint density at radius 2 is 1.74 bits per heavy atom. The molecule has 0 fully saturated rings. The molecule has 3 nitrogen and oxygen atoms in total. The molecule has 0 saturated heterocycles. The van der Waals surface area contributed by atoms with Gasteiger partial charge in [0.2, 0.25) is 0 Å². The summed E-state index contributed by atoms with van der Waals surface area (Å²) in [4.78, 5) is 6.69. The fourth-order valence-electron chi connectivity index (χ4n) is 2.01. The summed E-state index contributed by atoms with van der Waals surface area (Å²) in [5.74, 6) is 0. The first kappa shape index (κ1) is 12.0. The second-order valence-corrected chi connectivity index (χ2v) is 5.55. The highest BCUT2D eigenvalue weighted by Crippen LogP contribution is 2.31. The Labute approximate surface area is 116 Å². The van der Waals surface area contributed by atoms with Gasteiger partial charge in [0.15, 0.2) is 5.13 Å². The number of nitrogens with one attached hydrogen (secondary N) is 1. The number of benzene rings is 2. The van der Waals surface area contributed by atoms with Gasteiger partial charge in [-0.15, -0.1) is 0 Å². The van der Waals surface area contributed by atoms with E-state index in [9.17, 15) is 0 Å². The van der Waals surface area contributed by atoms with E-state index in [4.69, 9.17) is 0 Å². The summed E-state index contributed by atoms with van der Waals surface area (Å²) in [7, 11) is 4.08. The fraction of sp³-hybridized carbons (Fsp3) is 0.133. The molecule has 4 heteroatoms. The molecular formula is C15H15N3S. The zero-order chi connectivity index (χ0) is 13.2. The highest BCUT2D eigenvalue weighted by molar-refractivity contribution is 7.22. The maximum absolute atomic E-state index is 4.60. The average Bonchev–Trinajstić information content (AvgIpc) is 2.81. The van der Waals surface area contributed by atoms with Crippen molar-refractivity contribution in [3.63, 3.8) is 0 Å². The Morgan fingerprint density at radius 3 is 2.53 bits per heavy atom. The number of nitrogens with zero attached hydrogens (tertiary/aromatic N) is 2. The Balaban J connectivity index is 1.97. The molecule has 0 amide bonds. The molecular weight excluding hydrogens is 254 g/mol. The van der Waals surface area contributed by atoms with Crippen molar-refractivity contribution in [3.8, 4) is 0 Å². The van der Waals surface area contributed by atoms with Crippen LogP contribution in [0.25, 0.3) is 10.2 Å². The summed E-state index contributed by atoms with van der Waals surface area (Å²) >= 11 is 1.67. The Hall–Kier alpha value is -2.07. The van der Waals surface area contributed by atoms with Gasteiger partial charge in [0.1, 0.15) is 0 Å². The summed E-state index contributed by atoms with van der Waals surface area (Å²) in [5.41, 5.74) is 3.27. The van der Waals surface area contributed by atoms with Gasteiger partial charge >= 0.3 is 0 Å². The maximum Gasteiger partial charge on any atom is 0.188 e. The normalized spacial score (nSPS) is 10.6. The van der Waals surface area contributed by atoms with Crippen molar-refractivity contribution in [2.24, 2.45) is 0 Å². The summed E-state index contributed by atoms with van der Waals surface area (Å²) in [6, 6.07) is 16.4. The smallest absolute Gasteiger partial charge is 0.188 e. The Kier molecular flexibility index (Phi) is 3.09. The second kappa shape index (κ2) is 4.90. The summed E-state index contributed by atoms with van der Waals surface area (Å²) < 4.78 is 1.20. The SMILES string of the molecule is CN(C)c1ccccc1Nc1nc2ccccc2s1. The molecule has 0 unspecified atom stereocenters. The molecule has 3 aromatic rings. The molecule has 96 valence electrons. The quantitative estimate of drug-likeness (QED) is 0.775. The van der Waals surface area contributed by atoms with Gasteiger partial charge in [-0.25, -0.2) is 4.98 Å². The Bertz CT molecular complexity index is 670. The summed E-state index contributed by atoms with van der Waals surface area (Å²) in [5, 5.41) is 4.34. The molecule has 0 bridgehead atoms. The van der Waals surface area contributed by atoms with Crippen LogP contribution in [0.5, 0.6) is 0 Å². The van der Waals surface area contributed by atoms with Crippen LogP contribution < -0.4 is 10.2 Å². The second-order valence-electron chi connectivity index (χ2n) is 4.52. The van der Waals surface area contributed by atoms with Crippen molar-refractivity contribution in [1.29, 1.82) is 0 Å². The van der Waals surface area contributed by atoms with Crippen LogP contribution in [0.4, 0.5) is 16.5 Å². The van der Waals surface area contributed by atoms with Crippen LogP contribution in [0.2, 0.25) is 0 Å². The van der Waals surface area contributed by atoms with Crippen LogP contribution in [0.1, 0.15) is 0 Å². The van der Waals surface area contributed by atoms with Gasteiger partial charge in [0.25, 0.3) is 0 Å². The van der Waals surface area contributed by atoms with E-state index in [2.05, 4.69) is 33.4 Å². The van der Waals surface area contributed by atoms with Crippen molar-refractivity contribution in [2.45, 2.75) is 0 Å². The average molecular weight is 269 g/mol. The van der Waals surface area contributed by atoms with Crippen LogP contribution in [-0.2, 0) is 0 Å². The molecule has 0 saturated carbocycles. The standard InChI is InChI=1S/C15H15N3S/c1-18(2)13-9-5-3-7-11(13)16-15-17-12-8-4-6-10-14(12)19-15/h3-10H,1-2H3,(H,16,17). The highest BCUT2D eigenvalue weighted by atomic mass is 32.1. The first-order chi connectivity index (χ1) is 9.24. The van der Waals surface area contributed by atoms with E-state index in [1.54, 1.807) is 11.3 Å². The van der Waals surface area contributed by atoms with E-state index in [1.807, 2.05) is 44.4 Å². The van der Waals surface area contributed by atoms with Gasteiger partial charge in [-0.3, -0.25) is 0 Å².